The highest BCUT2D eigenvalue weighted by Crippen LogP contribution is 2.24. The number of carbonyl (C=O) groups excluding carboxylic acids is 1. The molecule has 1 heterocycles. The zero-order valence-corrected chi connectivity index (χ0v) is 16.5. The van der Waals surface area contributed by atoms with Gasteiger partial charge in [-0.3, -0.25) is 10.1 Å². The average Bonchev–Trinajstić information content (AvgIpc) is 2.73. The number of quaternary nitrogens is 1. The fraction of sp³-hybridized carbons (Fsp3) is 0.316. The van der Waals surface area contributed by atoms with Crippen LogP contribution >= 0.6 is 0 Å². The lowest BCUT2D eigenvalue weighted by atomic mass is 9.98. The van der Waals surface area contributed by atoms with Crippen molar-refractivity contribution < 1.29 is 23.5 Å². The number of hydrogen-bond donors (Lipinski definition) is 3. The topological polar surface area (TPSA) is 135 Å². The summed E-state index contributed by atoms with van der Waals surface area (Å²) in [7, 11) is -3.81. The Bertz CT molecular complexity index is 969. The van der Waals surface area contributed by atoms with Gasteiger partial charge in [-0.25, -0.2) is 13.2 Å². The van der Waals surface area contributed by atoms with Crippen molar-refractivity contribution in [2.75, 3.05) is 25.0 Å². The van der Waals surface area contributed by atoms with Crippen molar-refractivity contribution in [2.24, 2.45) is 5.92 Å². The molecular weight excluding hydrogens is 396 g/mol. The minimum Gasteiger partial charge on any atom is -0.346 e. The van der Waals surface area contributed by atoms with Gasteiger partial charge in [0.25, 0.3) is 5.69 Å². The summed E-state index contributed by atoms with van der Waals surface area (Å²) in [6.45, 7) is 2.78. The first kappa shape index (κ1) is 20.7. The minimum absolute atomic E-state index is 0.0359. The fourth-order valence-corrected chi connectivity index (χ4v) is 4.47. The minimum atomic E-state index is -3.81. The molecule has 1 fully saturated rings. The van der Waals surface area contributed by atoms with E-state index < -0.39 is 14.8 Å². The van der Waals surface area contributed by atoms with E-state index in [1.165, 1.54) is 36.4 Å². The van der Waals surface area contributed by atoms with E-state index >= 15 is 0 Å². The largest absolute Gasteiger partial charge is 0.346 e. The highest BCUT2D eigenvalue weighted by atomic mass is 32.2. The van der Waals surface area contributed by atoms with E-state index in [1.807, 2.05) is 0 Å². The Morgan fingerprint density at radius 1 is 1.03 bits per heavy atom. The molecule has 10 heteroatoms. The van der Waals surface area contributed by atoms with Gasteiger partial charge in [0.15, 0.2) is 0 Å². The number of nitro benzene ring substituents is 1. The normalized spacial score (nSPS) is 14.9. The lowest BCUT2D eigenvalue weighted by Crippen LogP contribution is -2.86. The van der Waals surface area contributed by atoms with E-state index in [2.05, 4.69) is 16.0 Å². The number of sulfone groups is 1. The average molecular weight is 419 g/mol. The van der Waals surface area contributed by atoms with Crippen LogP contribution in [0.5, 0.6) is 0 Å². The number of nitrogens with one attached hydrogen (secondary N) is 2. The van der Waals surface area contributed by atoms with Gasteiger partial charge in [-0.15, -0.1) is 0 Å². The molecule has 1 aliphatic rings. The Morgan fingerprint density at radius 3 is 2.14 bits per heavy atom. The van der Waals surface area contributed by atoms with Crippen LogP contribution in [0.1, 0.15) is 12.8 Å². The first-order chi connectivity index (χ1) is 13.9. The Balaban J connectivity index is 1.61. The highest BCUT2D eigenvalue weighted by Gasteiger charge is 2.19. The molecule has 0 saturated carbocycles. The molecule has 9 nitrogen and oxygen atoms in total. The van der Waals surface area contributed by atoms with Crippen molar-refractivity contribution in [1.29, 1.82) is 0 Å². The third-order valence-corrected chi connectivity index (χ3v) is 6.68. The Labute approximate surface area is 168 Å². The SMILES string of the molecule is O=C(NCC1CC[NH2+]CC1)Nc1ccc(S(=O)(=O)c2ccc([N+](=O)[O-])cc2)cc1. The number of hydrogen-bond acceptors (Lipinski definition) is 5. The maximum absolute atomic E-state index is 12.7. The standard InChI is InChI=1S/C19H22N4O5S/c24-19(21-13-14-9-11-20-12-10-14)22-15-1-5-17(6-2-15)29(27,28)18-7-3-16(4-8-18)23(25)26/h1-8,14,20H,9-13H2,(H2,21,22,24)/p+1. The van der Waals surface area contributed by atoms with Crippen LogP contribution in [0.4, 0.5) is 16.2 Å². The van der Waals surface area contributed by atoms with Crippen molar-refractivity contribution in [3.8, 4) is 0 Å². The summed E-state index contributed by atoms with van der Waals surface area (Å²) in [6.07, 6.45) is 2.16. The maximum Gasteiger partial charge on any atom is 0.319 e. The fourth-order valence-electron chi connectivity index (χ4n) is 3.21. The van der Waals surface area contributed by atoms with Crippen LogP contribution in [-0.2, 0) is 9.84 Å². The van der Waals surface area contributed by atoms with Gasteiger partial charge in [0.05, 0.1) is 27.8 Å². The van der Waals surface area contributed by atoms with Crippen LogP contribution in [0, 0.1) is 16.0 Å². The molecule has 154 valence electrons. The smallest absolute Gasteiger partial charge is 0.319 e. The Kier molecular flexibility index (Phi) is 6.45. The van der Waals surface area contributed by atoms with E-state index in [0.717, 1.165) is 38.1 Å². The lowest BCUT2D eigenvalue weighted by Gasteiger charge is -2.20. The second kappa shape index (κ2) is 9.01. The molecule has 0 radical (unpaired) electrons. The molecule has 0 atom stereocenters. The first-order valence-corrected chi connectivity index (χ1v) is 10.8. The van der Waals surface area contributed by atoms with E-state index in [-0.39, 0.29) is 21.5 Å². The zero-order chi connectivity index (χ0) is 20.9. The number of nitrogens with two attached hydrogens (primary N) is 1. The third-order valence-electron chi connectivity index (χ3n) is 4.89. The number of piperidine rings is 1. The zero-order valence-electron chi connectivity index (χ0n) is 15.7. The molecule has 2 aromatic rings. The van der Waals surface area contributed by atoms with Crippen molar-refractivity contribution in [2.45, 2.75) is 22.6 Å². The van der Waals surface area contributed by atoms with Crippen molar-refractivity contribution in [3.05, 3.63) is 58.6 Å². The first-order valence-electron chi connectivity index (χ1n) is 9.32. The molecule has 1 aliphatic heterocycles. The van der Waals surface area contributed by atoms with Crippen LogP contribution in [0.15, 0.2) is 58.3 Å². The second-order valence-electron chi connectivity index (χ2n) is 6.92. The number of benzene rings is 2. The van der Waals surface area contributed by atoms with Gasteiger partial charge in [0.2, 0.25) is 9.84 Å². The monoisotopic (exact) mass is 419 g/mol. The number of anilines is 1. The van der Waals surface area contributed by atoms with Crippen LogP contribution in [0.25, 0.3) is 0 Å². The van der Waals surface area contributed by atoms with Gasteiger partial charge in [-0.05, 0) is 42.3 Å². The van der Waals surface area contributed by atoms with E-state index in [4.69, 9.17) is 0 Å². The van der Waals surface area contributed by atoms with Crippen molar-refractivity contribution in [3.63, 3.8) is 0 Å². The number of rotatable bonds is 6. The summed E-state index contributed by atoms with van der Waals surface area (Å²) in [4.78, 5) is 22.2. The molecule has 4 N–H and O–H groups in total. The molecule has 2 amide bonds. The Hall–Kier alpha value is -2.98. The van der Waals surface area contributed by atoms with Gasteiger partial charge >= 0.3 is 6.03 Å². The summed E-state index contributed by atoms with van der Waals surface area (Å²) in [6, 6.07) is 10.2. The van der Waals surface area contributed by atoms with Crippen molar-refractivity contribution >= 4 is 27.2 Å². The molecule has 3 rings (SSSR count). The number of nitro groups is 1. The van der Waals surface area contributed by atoms with E-state index in [0.29, 0.717) is 18.2 Å². The van der Waals surface area contributed by atoms with E-state index in [1.54, 1.807) is 0 Å². The maximum atomic E-state index is 12.7. The summed E-state index contributed by atoms with van der Waals surface area (Å²) >= 11 is 0. The predicted octanol–water partition coefficient (Wildman–Crippen LogP) is 1.52. The van der Waals surface area contributed by atoms with Gasteiger partial charge in [-0.1, -0.05) is 0 Å². The van der Waals surface area contributed by atoms with Gasteiger partial charge < -0.3 is 16.0 Å². The third kappa shape index (κ3) is 5.30. The van der Waals surface area contributed by atoms with E-state index in [9.17, 15) is 23.3 Å². The van der Waals surface area contributed by atoms with Gasteiger partial charge in [0, 0.05) is 37.2 Å². The summed E-state index contributed by atoms with van der Waals surface area (Å²) in [5.41, 5.74) is 0.294. The molecule has 2 aromatic carbocycles. The molecule has 0 bridgehead atoms. The van der Waals surface area contributed by atoms with Gasteiger partial charge in [-0.2, -0.15) is 0 Å². The predicted molar refractivity (Wildman–Crippen MR) is 106 cm³/mol. The number of nitrogens with zero attached hydrogens (tertiary/aromatic N) is 1. The van der Waals surface area contributed by atoms with Crippen LogP contribution in [0.3, 0.4) is 0 Å². The molecule has 0 aliphatic carbocycles. The van der Waals surface area contributed by atoms with Crippen molar-refractivity contribution in [1.82, 2.24) is 5.32 Å². The van der Waals surface area contributed by atoms with Crippen LogP contribution in [0.2, 0.25) is 0 Å². The molecule has 0 spiro atoms. The summed E-state index contributed by atoms with van der Waals surface area (Å²) in [5.74, 6) is 0.486. The molecule has 1 saturated heterocycles. The number of carbonyl (C=O) groups is 1. The Morgan fingerprint density at radius 2 is 1.59 bits per heavy atom. The quantitative estimate of drug-likeness (QED) is 0.482. The van der Waals surface area contributed by atoms with Crippen LogP contribution in [-0.4, -0.2) is 39.0 Å². The molecule has 29 heavy (non-hydrogen) atoms. The molecule has 0 aromatic heterocycles. The number of urea groups is 1. The summed E-state index contributed by atoms with van der Waals surface area (Å²) in [5, 5.41) is 18.5. The molecular formula is C19H23N4O5S+. The number of non-ortho nitro benzene ring substituents is 1. The van der Waals surface area contributed by atoms with Gasteiger partial charge in [0.1, 0.15) is 0 Å². The lowest BCUT2D eigenvalue weighted by molar-refractivity contribution is -0.664. The summed E-state index contributed by atoms with van der Waals surface area (Å²) < 4.78 is 25.3. The van der Waals surface area contributed by atoms with Crippen LogP contribution < -0.4 is 16.0 Å². The second-order valence-corrected chi connectivity index (χ2v) is 8.87. The highest BCUT2D eigenvalue weighted by molar-refractivity contribution is 7.91. The molecule has 0 unspecified atom stereocenters. The number of amides is 2.